The van der Waals surface area contributed by atoms with Crippen molar-refractivity contribution in [1.29, 1.82) is 0 Å². The van der Waals surface area contributed by atoms with Crippen molar-refractivity contribution in [3.05, 3.63) is 18.2 Å². The fourth-order valence-electron chi connectivity index (χ4n) is 1.53. The minimum Gasteiger partial charge on any atom is -0.486 e. The maximum absolute atomic E-state index is 5.45. The predicted octanol–water partition coefficient (Wildman–Crippen LogP) is 1.17. The Morgan fingerprint density at radius 1 is 1.12 bits per heavy atom. The molecule has 1 aromatic carbocycles. The maximum Gasteiger partial charge on any atom is 0.321 e. The SMILES string of the molecule is Nc1nnc(Nc2ccc3c(c2)OCCO3)o1. The molecule has 3 rings (SSSR count). The molecule has 0 radical (unpaired) electrons. The summed E-state index contributed by atoms with van der Waals surface area (Å²) in [5, 5.41) is 10.2. The number of aromatic nitrogens is 2. The second-order valence-corrected chi connectivity index (χ2v) is 3.43. The smallest absolute Gasteiger partial charge is 0.321 e. The number of nitrogens with zero attached hydrogens (tertiary/aromatic N) is 2. The Morgan fingerprint density at radius 3 is 2.71 bits per heavy atom. The largest absolute Gasteiger partial charge is 0.486 e. The molecular formula is C10H10N4O3. The van der Waals surface area contributed by atoms with Crippen LogP contribution in [0.2, 0.25) is 0 Å². The second-order valence-electron chi connectivity index (χ2n) is 3.43. The molecule has 0 saturated carbocycles. The summed E-state index contributed by atoms with van der Waals surface area (Å²) in [5.41, 5.74) is 6.08. The van der Waals surface area contributed by atoms with Crippen LogP contribution in [0, 0.1) is 0 Å². The van der Waals surface area contributed by atoms with Crippen LogP contribution in [0.4, 0.5) is 17.7 Å². The molecule has 0 bridgehead atoms. The van der Waals surface area contributed by atoms with Gasteiger partial charge in [-0.3, -0.25) is 0 Å². The van der Waals surface area contributed by atoms with Gasteiger partial charge in [-0.1, -0.05) is 10.2 Å². The van der Waals surface area contributed by atoms with Crippen LogP contribution < -0.4 is 20.5 Å². The van der Waals surface area contributed by atoms with Crippen LogP contribution >= 0.6 is 0 Å². The van der Waals surface area contributed by atoms with Crippen molar-refractivity contribution < 1.29 is 13.9 Å². The van der Waals surface area contributed by atoms with E-state index in [2.05, 4.69) is 15.5 Å². The van der Waals surface area contributed by atoms with Crippen molar-refractivity contribution in [3.63, 3.8) is 0 Å². The molecule has 0 atom stereocenters. The number of rotatable bonds is 2. The van der Waals surface area contributed by atoms with E-state index in [1.54, 1.807) is 6.07 Å². The van der Waals surface area contributed by atoms with Crippen LogP contribution in [0.25, 0.3) is 0 Å². The van der Waals surface area contributed by atoms with Crippen LogP contribution in [-0.2, 0) is 0 Å². The number of hydrogen-bond donors (Lipinski definition) is 2. The third kappa shape index (κ3) is 1.94. The minimum atomic E-state index is 0.0186. The molecule has 17 heavy (non-hydrogen) atoms. The Hall–Kier alpha value is -2.44. The molecule has 0 spiro atoms. The van der Waals surface area contributed by atoms with Gasteiger partial charge in [0.25, 0.3) is 0 Å². The van der Waals surface area contributed by atoms with Gasteiger partial charge in [0.05, 0.1) is 0 Å². The Bertz CT molecular complexity index is 540. The normalized spacial score (nSPS) is 13.4. The zero-order valence-corrected chi connectivity index (χ0v) is 8.84. The molecule has 0 unspecified atom stereocenters. The molecule has 88 valence electrons. The monoisotopic (exact) mass is 234 g/mol. The highest BCUT2D eigenvalue weighted by Crippen LogP contribution is 2.33. The molecule has 0 saturated heterocycles. The average Bonchev–Trinajstić information content (AvgIpc) is 2.75. The molecule has 2 aromatic rings. The number of nitrogens with two attached hydrogens (primary N) is 1. The van der Waals surface area contributed by atoms with Crippen LogP contribution in [0.1, 0.15) is 0 Å². The number of anilines is 3. The summed E-state index contributed by atoms with van der Waals surface area (Å²) in [6, 6.07) is 5.70. The van der Waals surface area contributed by atoms with Gasteiger partial charge in [0.2, 0.25) is 0 Å². The molecule has 7 nitrogen and oxygen atoms in total. The molecule has 7 heteroatoms. The summed E-state index contributed by atoms with van der Waals surface area (Å²) in [4.78, 5) is 0. The first-order valence-corrected chi connectivity index (χ1v) is 5.07. The average molecular weight is 234 g/mol. The topological polar surface area (TPSA) is 95.4 Å². The van der Waals surface area contributed by atoms with E-state index in [-0.39, 0.29) is 12.0 Å². The highest BCUT2D eigenvalue weighted by atomic mass is 16.6. The Balaban J connectivity index is 1.84. The lowest BCUT2D eigenvalue weighted by atomic mass is 10.2. The zero-order valence-electron chi connectivity index (χ0n) is 8.84. The third-order valence-electron chi connectivity index (χ3n) is 2.23. The Labute approximate surface area is 96.5 Å². The summed E-state index contributed by atoms with van der Waals surface area (Å²) in [7, 11) is 0. The van der Waals surface area contributed by atoms with Gasteiger partial charge in [0.15, 0.2) is 11.5 Å². The molecule has 0 aliphatic carbocycles. The first kappa shape index (κ1) is 9.76. The fraction of sp³-hybridized carbons (Fsp3) is 0.200. The van der Waals surface area contributed by atoms with E-state index < -0.39 is 0 Å². The lowest BCUT2D eigenvalue weighted by molar-refractivity contribution is 0.171. The number of nitrogen functional groups attached to an aromatic ring is 1. The summed E-state index contributed by atoms with van der Waals surface area (Å²) in [5.74, 6) is 1.42. The molecule has 0 fully saturated rings. The summed E-state index contributed by atoms with van der Waals surface area (Å²) < 4.78 is 15.9. The van der Waals surface area contributed by atoms with E-state index in [0.29, 0.717) is 19.0 Å². The second kappa shape index (κ2) is 3.85. The number of benzene rings is 1. The lowest BCUT2D eigenvalue weighted by Crippen LogP contribution is -2.15. The zero-order chi connectivity index (χ0) is 11.7. The van der Waals surface area contributed by atoms with E-state index in [1.807, 2.05) is 12.1 Å². The number of nitrogens with one attached hydrogen (secondary N) is 1. The van der Waals surface area contributed by atoms with Gasteiger partial charge in [0, 0.05) is 11.8 Å². The van der Waals surface area contributed by atoms with Crippen LogP contribution in [0.15, 0.2) is 22.6 Å². The Morgan fingerprint density at radius 2 is 1.94 bits per heavy atom. The maximum atomic E-state index is 5.45. The number of fused-ring (bicyclic) bond motifs is 1. The fourth-order valence-corrected chi connectivity index (χ4v) is 1.53. The van der Waals surface area contributed by atoms with Gasteiger partial charge < -0.3 is 24.9 Å². The van der Waals surface area contributed by atoms with Gasteiger partial charge >= 0.3 is 12.0 Å². The Kier molecular flexibility index (Phi) is 2.21. The molecule has 1 aromatic heterocycles. The number of hydrogen-bond acceptors (Lipinski definition) is 7. The highest BCUT2D eigenvalue weighted by molar-refractivity contribution is 5.59. The molecule has 0 amide bonds. The van der Waals surface area contributed by atoms with Crippen molar-refractivity contribution in [2.75, 3.05) is 24.3 Å². The van der Waals surface area contributed by atoms with Gasteiger partial charge in [-0.25, -0.2) is 0 Å². The molecule has 3 N–H and O–H groups in total. The summed E-state index contributed by atoms with van der Waals surface area (Å²) >= 11 is 0. The van der Waals surface area contributed by atoms with Crippen molar-refractivity contribution >= 4 is 17.7 Å². The van der Waals surface area contributed by atoms with Crippen LogP contribution in [0.5, 0.6) is 11.5 Å². The molecule has 2 heterocycles. The minimum absolute atomic E-state index is 0.0186. The van der Waals surface area contributed by atoms with Crippen LogP contribution in [0.3, 0.4) is 0 Å². The van der Waals surface area contributed by atoms with Crippen molar-refractivity contribution in [2.24, 2.45) is 0 Å². The predicted molar refractivity (Wildman–Crippen MR) is 59.4 cm³/mol. The third-order valence-corrected chi connectivity index (χ3v) is 2.23. The standard InChI is InChI=1S/C10H10N4O3/c11-9-13-14-10(17-9)12-6-1-2-7-8(5-6)16-4-3-15-7/h1-2,5H,3-4H2,(H2,11,13)(H,12,14). The van der Waals surface area contributed by atoms with Gasteiger partial charge in [-0.15, -0.1) is 0 Å². The first-order valence-electron chi connectivity index (χ1n) is 5.07. The molecular weight excluding hydrogens is 224 g/mol. The van der Waals surface area contributed by atoms with E-state index in [0.717, 1.165) is 11.4 Å². The lowest BCUT2D eigenvalue weighted by Gasteiger charge is -2.18. The summed E-state index contributed by atoms with van der Waals surface area (Å²) in [6.07, 6.45) is 0. The molecule has 1 aliphatic rings. The van der Waals surface area contributed by atoms with E-state index in [4.69, 9.17) is 19.6 Å². The summed E-state index contributed by atoms with van der Waals surface area (Å²) in [6.45, 7) is 1.12. The van der Waals surface area contributed by atoms with Crippen molar-refractivity contribution in [3.8, 4) is 11.5 Å². The first-order chi connectivity index (χ1) is 8.31. The van der Waals surface area contributed by atoms with Crippen LogP contribution in [-0.4, -0.2) is 23.4 Å². The van der Waals surface area contributed by atoms with Gasteiger partial charge in [0.1, 0.15) is 13.2 Å². The van der Waals surface area contributed by atoms with E-state index in [1.165, 1.54) is 0 Å². The number of ether oxygens (including phenoxy) is 2. The van der Waals surface area contributed by atoms with Crippen molar-refractivity contribution in [2.45, 2.75) is 0 Å². The van der Waals surface area contributed by atoms with E-state index >= 15 is 0 Å². The van der Waals surface area contributed by atoms with E-state index in [9.17, 15) is 0 Å². The van der Waals surface area contributed by atoms with Gasteiger partial charge in [-0.2, -0.15) is 0 Å². The quantitative estimate of drug-likeness (QED) is 0.805. The highest BCUT2D eigenvalue weighted by Gasteiger charge is 2.12. The van der Waals surface area contributed by atoms with Gasteiger partial charge in [-0.05, 0) is 12.1 Å². The molecule has 1 aliphatic heterocycles. The van der Waals surface area contributed by atoms with Crippen molar-refractivity contribution in [1.82, 2.24) is 10.2 Å².